The summed E-state index contributed by atoms with van der Waals surface area (Å²) in [6, 6.07) is -1.45. The Hall–Kier alpha value is -3.48. The summed E-state index contributed by atoms with van der Waals surface area (Å²) >= 11 is 0. The van der Waals surface area contributed by atoms with Gasteiger partial charge < -0.3 is 85.8 Å². The van der Waals surface area contributed by atoms with Crippen LogP contribution < -0.4 is 11.1 Å². The molecule has 18 atom stereocenters. The van der Waals surface area contributed by atoms with Crippen molar-refractivity contribution >= 4 is 11.9 Å². The van der Waals surface area contributed by atoms with Crippen LogP contribution in [0.5, 0.6) is 0 Å². The topological polar surface area (TPSA) is 321 Å². The molecular formula is C49H76N2O17. The Morgan fingerprint density at radius 1 is 0.691 bits per heavy atom. The summed E-state index contributed by atoms with van der Waals surface area (Å²) < 4.78 is 28.8. The summed E-state index contributed by atoms with van der Waals surface area (Å²) in [6.07, 6.45) is 6.52. The molecule has 4 heterocycles. The van der Waals surface area contributed by atoms with E-state index in [1.165, 1.54) is 0 Å². The van der Waals surface area contributed by atoms with Crippen molar-refractivity contribution in [1.82, 2.24) is 5.32 Å². The van der Waals surface area contributed by atoms with Crippen LogP contribution in [0.15, 0.2) is 85.1 Å². The molecule has 0 aromatic rings. The highest BCUT2D eigenvalue weighted by Gasteiger charge is 2.51. The number of esters is 1. The first-order chi connectivity index (χ1) is 32.3. The standard InChI is InChI=1S/C49H76N2O17/c1-30-15-13-11-9-7-5-3-4-6-8-10-12-14-16-36(67-48-46(61)45(50)41(59)29-65-48)25-42-44(47(62)51-32-19-20-64-28-32)40(58)27-49(63,68-42)26-35(54)23-39(57)37(55)18-17-33(52)22-34(53)24-43(60)66-31(2)21-38(30)56/h3-16,30-42,44-46,48,52-59,61,63H,17-29,50H2,1-2H3,(H,51,62)/b4-3+,7-5+,8-6+,11-9+,12-10+,15-13+,16-14+/t30-,31-,32?,33?,34?,35?,36?,37?,38-,39+,40-,41+,42-,44+,45-,46-,48-,49?/m0/s1. The molecule has 68 heavy (non-hydrogen) atoms. The van der Waals surface area contributed by atoms with Gasteiger partial charge in [-0.25, -0.2) is 0 Å². The second kappa shape index (κ2) is 29.0. The number of cyclic esters (lactones) is 1. The Morgan fingerprint density at radius 2 is 1.32 bits per heavy atom. The Bertz CT molecular complexity index is 1730. The van der Waals surface area contributed by atoms with E-state index in [0.29, 0.717) is 13.0 Å². The number of aliphatic hydroxyl groups excluding tert-OH is 9. The Labute approximate surface area is 398 Å². The number of hydrogen-bond donors (Lipinski definition) is 12. The summed E-state index contributed by atoms with van der Waals surface area (Å²) in [7, 11) is 0. The van der Waals surface area contributed by atoms with Crippen molar-refractivity contribution in [1.29, 1.82) is 0 Å². The zero-order valence-electron chi connectivity index (χ0n) is 39.0. The third-order valence-electron chi connectivity index (χ3n) is 12.3. The molecule has 0 aromatic carbocycles. The monoisotopic (exact) mass is 965 g/mol. The van der Waals surface area contributed by atoms with Gasteiger partial charge in [-0.2, -0.15) is 0 Å². The van der Waals surface area contributed by atoms with E-state index in [2.05, 4.69) is 5.32 Å². The molecule has 4 aliphatic rings. The third-order valence-corrected chi connectivity index (χ3v) is 12.3. The van der Waals surface area contributed by atoms with Gasteiger partial charge in [-0.05, 0) is 32.6 Å². The number of hydrogen-bond acceptors (Lipinski definition) is 18. The molecular weight excluding hydrogens is 889 g/mol. The molecule has 0 aliphatic carbocycles. The molecule has 3 fully saturated rings. The molecule has 0 spiro atoms. The van der Waals surface area contributed by atoms with Gasteiger partial charge in [0.15, 0.2) is 12.1 Å². The summed E-state index contributed by atoms with van der Waals surface area (Å²) in [4.78, 5) is 26.4. The fraction of sp³-hybridized carbons (Fsp3) is 0.673. The van der Waals surface area contributed by atoms with Crippen LogP contribution in [-0.4, -0.2) is 180 Å². The SMILES string of the molecule is C[C@H]1C[C@H](O)[C@@H](C)/C=C/C=C/C=C/C=C/C=C/C=C/C=C/C(O[C@@H]2OC[C@@H](O)[C@H](N)[C@@H]2O)C[C@@H]2OC(O)(CC(O)C[C@@H](O)C(O)CCC(O)CC(O)CC(=O)O1)C[C@H](O)[C@H]2C(=O)NC1CCOC1. The fourth-order valence-electron chi connectivity index (χ4n) is 8.46. The van der Waals surface area contributed by atoms with Crippen molar-refractivity contribution in [2.24, 2.45) is 17.6 Å². The van der Waals surface area contributed by atoms with Crippen LogP contribution in [-0.2, 0) is 33.3 Å². The van der Waals surface area contributed by atoms with Crippen LogP contribution in [0, 0.1) is 11.8 Å². The second-order valence-corrected chi connectivity index (χ2v) is 18.4. The van der Waals surface area contributed by atoms with Gasteiger partial charge in [0.2, 0.25) is 5.91 Å². The van der Waals surface area contributed by atoms with Gasteiger partial charge in [0, 0.05) is 44.6 Å². The number of carbonyl (C=O) groups is 2. The lowest BCUT2D eigenvalue weighted by atomic mass is 9.82. The van der Waals surface area contributed by atoms with Crippen LogP contribution >= 0.6 is 0 Å². The van der Waals surface area contributed by atoms with Crippen molar-refractivity contribution in [3.05, 3.63) is 85.1 Å². The molecule has 4 aliphatic heterocycles. The van der Waals surface area contributed by atoms with E-state index in [4.69, 9.17) is 29.4 Å². The van der Waals surface area contributed by atoms with E-state index in [1.54, 1.807) is 61.6 Å². The number of fused-ring (bicyclic) bond motifs is 2. The second-order valence-electron chi connectivity index (χ2n) is 18.4. The van der Waals surface area contributed by atoms with Crippen molar-refractivity contribution in [2.75, 3.05) is 19.8 Å². The van der Waals surface area contributed by atoms with Crippen LogP contribution in [0.4, 0.5) is 0 Å². The van der Waals surface area contributed by atoms with E-state index in [0.717, 1.165) is 0 Å². The van der Waals surface area contributed by atoms with Crippen molar-refractivity contribution in [3.63, 3.8) is 0 Å². The quantitative estimate of drug-likeness (QED) is 0.164. The maximum atomic E-state index is 13.8. The molecule has 4 rings (SSSR count). The molecule has 0 radical (unpaired) electrons. The molecule has 0 aromatic heterocycles. The Balaban J connectivity index is 1.57. The highest BCUT2D eigenvalue weighted by molar-refractivity contribution is 5.80. The molecule has 19 nitrogen and oxygen atoms in total. The molecule has 384 valence electrons. The van der Waals surface area contributed by atoms with Crippen LogP contribution in [0.1, 0.15) is 78.1 Å². The zero-order valence-corrected chi connectivity index (χ0v) is 39.0. The molecule has 0 saturated carbocycles. The minimum absolute atomic E-state index is 0.0894. The Morgan fingerprint density at radius 3 is 1.96 bits per heavy atom. The van der Waals surface area contributed by atoms with Gasteiger partial charge in [-0.15, -0.1) is 0 Å². The zero-order chi connectivity index (χ0) is 49.8. The average molecular weight is 965 g/mol. The van der Waals surface area contributed by atoms with E-state index in [9.17, 15) is 60.7 Å². The number of aliphatic hydroxyl groups is 10. The third kappa shape index (κ3) is 19.7. The van der Waals surface area contributed by atoms with Gasteiger partial charge in [-0.1, -0.05) is 92.0 Å². The number of carbonyl (C=O) groups excluding carboxylic acids is 2. The molecule has 7 unspecified atom stereocenters. The van der Waals surface area contributed by atoms with Crippen LogP contribution in [0.2, 0.25) is 0 Å². The summed E-state index contributed by atoms with van der Waals surface area (Å²) in [5.41, 5.74) is 6.01. The van der Waals surface area contributed by atoms with Gasteiger partial charge in [-0.3, -0.25) is 9.59 Å². The maximum Gasteiger partial charge on any atom is 0.308 e. The number of allylic oxidation sites excluding steroid dienone is 12. The Kier molecular flexibility index (Phi) is 24.4. The smallest absolute Gasteiger partial charge is 0.308 e. The lowest BCUT2D eigenvalue weighted by molar-refractivity contribution is -0.304. The largest absolute Gasteiger partial charge is 0.462 e. The van der Waals surface area contributed by atoms with Crippen LogP contribution in [0.3, 0.4) is 0 Å². The normalized spacial score (nSPS) is 44.0. The number of nitrogens with one attached hydrogen (secondary N) is 1. The van der Waals surface area contributed by atoms with Crippen molar-refractivity contribution < 1.29 is 84.3 Å². The van der Waals surface area contributed by atoms with Crippen LogP contribution in [0.25, 0.3) is 0 Å². The van der Waals surface area contributed by atoms with Gasteiger partial charge in [0.25, 0.3) is 0 Å². The van der Waals surface area contributed by atoms with E-state index < -0.39 is 135 Å². The molecule has 13 N–H and O–H groups in total. The van der Waals surface area contributed by atoms with Gasteiger partial charge in [0.1, 0.15) is 12.2 Å². The fourth-order valence-corrected chi connectivity index (χ4v) is 8.46. The maximum absolute atomic E-state index is 13.8. The first-order valence-corrected chi connectivity index (χ1v) is 23.6. The minimum atomic E-state index is -2.26. The molecule has 19 heteroatoms. The molecule has 2 bridgehead atoms. The first kappa shape index (κ1) is 57.1. The summed E-state index contributed by atoms with van der Waals surface area (Å²) in [5.74, 6) is -5.09. The highest BCUT2D eigenvalue weighted by Crippen LogP contribution is 2.38. The van der Waals surface area contributed by atoms with E-state index in [-0.39, 0.29) is 57.3 Å². The predicted molar refractivity (Wildman–Crippen MR) is 248 cm³/mol. The minimum Gasteiger partial charge on any atom is -0.462 e. The number of rotatable bonds is 4. The first-order valence-electron chi connectivity index (χ1n) is 23.6. The highest BCUT2D eigenvalue weighted by atomic mass is 16.7. The van der Waals surface area contributed by atoms with Gasteiger partial charge in [0.05, 0.1) is 98.7 Å². The predicted octanol–water partition coefficient (Wildman–Crippen LogP) is -0.102. The molecule has 1 amide bonds. The van der Waals surface area contributed by atoms with Crippen molar-refractivity contribution in [3.8, 4) is 0 Å². The van der Waals surface area contributed by atoms with Crippen molar-refractivity contribution in [2.45, 2.75) is 175 Å². The average Bonchev–Trinajstić information content (AvgIpc) is 3.77. The number of ether oxygens (including phenoxy) is 5. The van der Waals surface area contributed by atoms with E-state index >= 15 is 0 Å². The lowest BCUT2D eigenvalue weighted by Crippen LogP contribution is -2.60. The number of nitrogens with two attached hydrogens (primary N) is 1. The molecule has 3 saturated heterocycles. The summed E-state index contributed by atoms with van der Waals surface area (Å²) in [5, 5.41) is 112. The van der Waals surface area contributed by atoms with E-state index in [1.807, 2.05) is 37.3 Å². The van der Waals surface area contributed by atoms with Gasteiger partial charge >= 0.3 is 5.97 Å². The summed E-state index contributed by atoms with van der Waals surface area (Å²) in [6.45, 7) is 3.90. The number of amides is 1. The lowest BCUT2D eigenvalue weighted by Gasteiger charge is -2.46.